The third-order valence-electron chi connectivity index (χ3n) is 3.75. The zero-order valence-corrected chi connectivity index (χ0v) is 15.2. The van der Waals surface area contributed by atoms with Gasteiger partial charge in [0.25, 0.3) is 0 Å². The topological polar surface area (TPSA) is 88.1 Å². The van der Waals surface area contributed by atoms with Crippen LogP contribution in [-0.2, 0) is 0 Å². The molecule has 8 heteroatoms. The average Bonchev–Trinajstić information content (AvgIpc) is 2.66. The molecule has 136 valence electrons. The molecule has 0 amide bonds. The van der Waals surface area contributed by atoms with Crippen molar-refractivity contribution >= 4 is 28.6 Å². The van der Waals surface area contributed by atoms with Gasteiger partial charge in [-0.2, -0.15) is 9.97 Å². The van der Waals surface area contributed by atoms with E-state index in [2.05, 4.69) is 49.6 Å². The summed E-state index contributed by atoms with van der Waals surface area (Å²) in [6.45, 7) is 1.78. The van der Waals surface area contributed by atoms with Crippen LogP contribution in [-0.4, -0.2) is 59.1 Å². The lowest BCUT2D eigenvalue weighted by Crippen LogP contribution is -2.17. The smallest absolute Gasteiger partial charge is 0.226 e. The number of benzene rings is 1. The molecule has 0 unspecified atom stereocenters. The Kier molecular flexibility index (Phi) is 5.75. The highest BCUT2D eigenvalue weighted by molar-refractivity contribution is 5.85. The summed E-state index contributed by atoms with van der Waals surface area (Å²) in [6, 6.07) is 7.62. The predicted octanol–water partition coefficient (Wildman–Crippen LogP) is 2.54. The molecule has 0 aliphatic carbocycles. The molecule has 0 radical (unpaired) electrons. The Morgan fingerprint density at radius 3 is 2.54 bits per heavy atom. The average molecular weight is 353 g/mol. The summed E-state index contributed by atoms with van der Waals surface area (Å²) in [6.07, 6.45) is 4.26. The van der Waals surface area contributed by atoms with E-state index >= 15 is 0 Å². The first-order chi connectivity index (χ1) is 12.7. The van der Waals surface area contributed by atoms with Gasteiger partial charge in [-0.1, -0.05) is 0 Å². The fourth-order valence-corrected chi connectivity index (χ4v) is 2.44. The molecular formula is C18H23N7O. The van der Waals surface area contributed by atoms with E-state index in [0.717, 1.165) is 30.9 Å². The van der Waals surface area contributed by atoms with Crippen molar-refractivity contribution in [3.8, 4) is 5.75 Å². The van der Waals surface area contributed by atoms with Crippen LogP contribution in [0, 0.1) is 0 Å². The molecule has 0 spiro atoms. The van der Waals surface area contributed by atoms with E-state index in [1.54, 1.807) is 19.5 Å². The molecule has 2 N–H and O–H groups in total. The highest BCUT2D eigenvalue weighted by atomic mass is 16.5. The van der Waals surface area contributed by atoms with E-state index in [1.165, 1.54) is 0 Å². The summed E-state index contributed by atoms with van der Waals surface area (Å²) in [5.74, 6) is 1.95. The normalized spacial score (nSPS) is 10.9. The summed E-state index contributed by atoms with van der Waals surface area (Å²) >= 11 is 0. The lowest BCUT2D eigenvalue weighted by molar-refractivity contribution is 0.405. The Hall–Kier alpha value is -3.00. The van der Waals surface area contributed by atoms with Gasteiger partial charge in [-0.05, 0) is 51.3 Å². The van der Waals surface area contributed by atoms with Gasteiger partial charge >= 0.3 is 0 Å². The van der Waals surface area contributed by atoms with Crippen LogP contribution < -0.4 is 15.4 Å². The maximum Gasteiger partial charge on any atom is 0.226 e. The zero-order valence-electron chi connectivity index (χ0n) is 15.2. The molecule has 26 heavy (non-hydrogen) atoms. The molecule has 2 aromatic heterocycles. The minimum atomic E-state index is 0.535. The molecule has 3 rings (SSSR count). The summed E-state index contributed by atoms with van der Waals surface area (Å²) in [5, 5.41) is 6.55. The number of hydrogen-bond donors (Lipinski definition) is 2. The minimum absolute atomic E-state index is 0.535. The number of nitrogens with zero attached hydrogens (tertiary/aromatic N) is 5. The van der Waals surface area contributed by atoms with Crippen LogP contribution in [0.25, 0.3) is 11.2 Å². The molecule has 8 nitrogen and oxygen atoms in total. The van der Waals surface area contributed by atoms with Crippen LogP contribution in [0.2, 0.25) is 0 Å². The standard InChI is InChI=1S/C18H23N7O/c1-25(2)12-4-9-21-18-23-16-15(19-10-11-20-16)17(24-18)22-13-5-7-14(26-3)8-6-13/h5-8,10-11H,4,9,12H2,1-3H3,(H2,20,21,22,23,24). The number of aromatic nitrogens is 4. The van der Waals surface area contributed by atoms with Gasteiger partial charge in [0.05, 0.1) is 7.11 Å². The fraction of sp³-hybridized carbons (Fsp3) is 0.333. The number of nitrogens with one attached hydrogen (secondary N) is 2. The second kappa shape index (κ2) is 8.39. The number of ether oxygens (including phenoxy) is 1. The van der Waals surface area contributed by atoms with Crippen molar-refractivity contribution < 1.29 is 4.74 Å². The van der Waals surface area contributed by atoms with Gasteiger partial charge in [0.1, 0.15) is 5.75 Å². The Balaban J connectivity index is 1.82. The van der Waals surface area contributed by atoms with Crippen LogP contribution in [0.3, 0.4) is 0 Å². The van der Waals surface area contributed by atoms with E-state index in [0.29, 0.717) is 22.9 Å². The van der Waals surface area contributed by atoms with Gasteiger partial charge in [-0.15, -0.1) is 0 Å². The largest absolute Gasteiger partial charge is 0.497 e. The lowest BCUT2D eigenvalue weighted by Gasteiger charge is -2.12. The summed E-state index contributed by atoms with van der Waals surface area (Å²) < 4.78 is 5.19. The van der Waals surface area contributed by atoms with Crippen LogP contribution in [0.15, 0.2) is 36.7 Å². The van der Waals surface area contributed by atoms with E-state index in [4.69, 9.17) is 4.74 Å². The Bertz CT molecular complexity index is 852. The van der Waals surface area contributed by atoms with Gasteiger partial charge in [0, 0.05) is 24.6 Å². The molecule has 0 saturated carbocycles. The van der Waals surface area contributed by atoms with E-state index in [1.807, 2.05) is 24.3 Å². The number of hydrogen-bond acceptors (Lipinski definition) is 8. The van der Waals surface area contributed by atoms with Crippen molar-refractivity contribution in [3.63, 3.8) is 0 Å². The summed E-state index contributed by atoms with van der Waals surface area (Å²) in [4.78, 5) is 19.8. The van der Waals surface area contributed by atoms with Crippen LogP contribution in [0.4, 0.5) is 17.5 Å². The molecule has 0 bridgehead atoms. The fourth-order valence-electron chi connectivity index (χ4n) is 2.44. The van der Waals surface area contributed by atoms with Crippen LogP contribution in [0.1, 0.15) is 6.42 Å². The molecule has 0 aliphatic rings. The van der Waals surface area contributed by atoms with Crippen molar-refractivity contribution in [1.82, 2.24) is 24.8 Å². The number of anilines is 3. The molecule has 0 saturated heterocycles. The Labute approximate surface area is 152 Å². The van der Waals surface area contributed by atoms with Gasteiger partial charge in [-0.25, -0.2) is 9.97 Å². The van der Waals surface area contributed by atoms with Crippen LogP contribution in [0.5, 0.6) is 5.75 Å². The van der Waals surface area contributed by atoms with Crippen LogP contribution >= 0.6 is 0 Å². The second-order valence-electron chi connectivity index (χ2n) is 6.06. The van der Waals surface area contributed by atoms with Crippen molar-refractivity contribution in [2.75, 3.05) is 44.9 Å². The van der Waals surface area contributed by atoms with Gasteiger partial charge in [0.2, 0.25) is 5.95 Å². The molecule has 0 fully saturated rings. The maximum atomic E-state index is 5.19. The van der Waals surface area contributed by atoms with Gasteiger partial charge in [0.15, 0.2) is 17.0 Å². The van der Waals surface area contributed by atoms with Gasteiger partial charge < -0.3 is 20.3 Å². The third-order valence-corrected chi connectivity index (χ3v) is 3.75. The quantitative estimate of drug-likeness (QED) is 0.597. The van der Waals surface area contributed by atoms with Gasteiger partial charge in [-0.3, -0.25) is 0 Å². The Morgan fingerprint density at radius 1 is 1.04 bits per heavy atom. The van der Waals surface area contributed by atoms with Crippen molar-refractivity contribution in [2.24, 2.45) is 0 Å². The molecule has 0 aliphatic heterocycles. The van der Waals surface area contributed by atoms with Crippen molar-refractivity contribution in [3.05, 3.63) is 36.7 Å². The summed E-state index contributed by atoms with van der Waals surface area (Å²) in [7, 11) is 5.75. The molecule has 0 atom stereocenters. The monoisotopic (exact) mass is 353 g/mol. The summed E-state index contributed by atoms with van der Waals surface area (Å²) in [5.41, 5.74) is 2.06. The zero-order chi connectivity index (χ0) is 18.4. The minimum Gasteiger partial charge on any atom is -0.497 e. The molecule has 3 aromatic rings. The number of fused-ring (bicyclic) bond motifs is 1. The van der Waals surface area contributed by atoms with E-state index < -0.39 is 0 Å². The third kappa shape index (κ3) is 4.54. The first-order valence-corrected chi connectivity index (χ1v) is 8.44. The molecule has 2 heterocycles. The molecule has 1 aromatic carbocycles. The van der Waals surface area contributed by atoms with E-state index in [9.17, 15) is 0 Å². The number of rotatable bonds is 8. The second-order valence-corrected chi connectivity index (χ2v) is 6.06. The number of methoxy groups -OCH3 is 1. The van der Waals surface area contributed by atoms with Crippen molar-refractivity contribution in [1.29, 1.82) is 0 Å². The highest BCUT2D eigenvalue weighted by Crippen LogP contribution is 2.23. The first-order valence-electron chi connectivity index (χ1n) is 8.44. The van der Waals surface area contributed by atoms with E-state index in [-0.39, 0.29) is 0 Å². The maximum absolute atomic E-state index is 5.19. The lowest BCUT2D eigenvalue weighted by atomic mass is 10.3. The van der Waals surface area contributed by atoms with Crippen molar-refractivity contribution in [2.45, 2.75) is 6.42 Å². The predicted molar refractivity (Wildman–Crippen MR) is 103 cm³/mol. The highest BCUT2D eigenvalue weighted by Gasteiger charge is 2.10. The molecular weight excluding hydrogens is 330 g/mol. The first kappa shape index (κ1) is 17.8. The SMILES string of the molecule is COc1ccc(Nc2nc(NCCCN(C)C)nc3nccnc23)cc1. The Morgan fingerprint density at radius 2 is 1.81 bits per heavy atom.